The van der Waals surface area contributed by atoms with Gasteiger partial charge in [-0.3, -0.25) is 0 Å². The third-order valence-corrected chi connectivity index (χ3v) is 2.28. The van der Waals surface area contributed by atoms with Gasteiger partial charge in [-0.2, -0.15) is 0 Å². The summed E-state index contributed by atoms with van der Waals surface area (Å²) in [5.74, 6) is 0.488. The first-order valence-electron chi connectivity index (χ1n) is 5.01. The van der Waals surface area contributed by atoms with Gasteiger partial charge in [0.25, 0.3) is 0 Å². The van der Waals surface area contributed by atoms with Crippen LogP contribution in [0.3, 0.4) is 0 Å². The highest BCUT2D eigenvalue weighted by Gasteiger charge is 2.18. The van der Waals surface area contributed by atoms with Gasteiger partial charge in [-0.1, -0.05) is 25.5 Å². The van der Waals surface area contributed by atoms with Crippen LogP contribution in [0.25, 0.3) is 0 Å². The van der Waals surface area contributed by atoms with Gasteiger partial charge in [0.2, 0.25) is 0 Å². The van der Waals surface area contributed by atoms with Crippen LogP contribution >= 0.6 is 0 Å². The first-order valence-corrected chi connectivity index (χ1v) is 5.01. The molecule has 0 heterocycles. The average molecular weight is 193 g/mol. The molecular formula is C12H17O2. The van der Waals surface area contributed by atoms with E-state index < -0.39 is 0 Å². The molecule has 0 atom stereocenters. The van der Waals surface area contributed by atoms with Crippen molar-refractivity contribution < 1.29 is 10.2 Å². The molecule has 2 heteroatoms. The Morgan fingerprint density at radius 3 is 2.71 bits per heavy atom. The molecule has 77 valence electrons. The normalized spacial score (nSPS) is 18.4. The zero-order valence-corrected chi connectivity index (χ0v) is 8.75. The van der Waals surface area contributed by atoms with Gasteiger partial charge in [-0.15, -0.1) is 0 Å². The molecule has 1 rings (SSSR count). The molecule has 0 amide bonds. The molecule has 0 aromatic rings. The van der Waals surface area contributed by atoms with Gasteiger partial charge < -0.3 is 10.2 Å². The Kier molecular flexibility index (Phi) is 3.81. The van der Waals surface area contributed by atoms with E-state index in [2.05, 4.69) is 0 Å². The van der Waals surface area contributed by atoms with Crippen LogP contribution in [0, 0.1) is 6.42 Å². The maximum absolute atomic E-state index is 9.85. The van der Waals surface area contributed by atoms with Crippen molar-refractivity contribution in [3.8, 4) is 0 Å². The molecule has 0 spiro atoms. The molecule has 2 nitrogen and oxygen atoms in total. The second kappa shape index (κ2) is 4.89. The Bertz CT molecular complexity index is 295. The molecule has 0 aliphatic heterocycles. The molecule has 0 fully saturated rings. The monoisotopic (exact) mass is 193 g/mol. The number of aliphatic hydroxyl groups excluding tert-OH is 2. The van der Waals surface area contributed by atoms with Crippen molar-refractivity contribution >= 4 is 0 Å². The Morgan fingerprint density at radius 1 is 1.43 bits per heavy atom. The summed E-state index contributed by atoms with van der Waals surface area (Å²) in [5.41, 5.74) is 1.56. The number of rotatable bonds is 3. The lowest BCUT2D eigenvalue weighted by molar-refractivity contribution is 0.366. The van der Waals surface area contributed by atoms with E-state index >= 15 is 0 Å². The van der Waals surface area contributed by atoms with Crippen molar-refractivity contribution in [2.24, 2.45) is 0 Å². The predicted molar refractivity (Wildman–Crippen MR) is 57.9 cm³/mol. The molecule has 2 N–H and O–H groups in total. The maximum Gasteiger partial charge on any atom is 0.125 e. The van der Waals surface area contributed by atoms with Gasteiger partial charge >= 0.3 is 0 Å². The summed E-state index contributed by atoms with van der Waals surface area (Å²) < 4.78 is 0. The first-order chi connectivity index (χ1) is 6.70. The van der Waals surface area contributed by atoms with Crippen molar-refractivity contribution in [1.82, 2.24) is 0 Å². The van der Waals surface area contributed by atoms with Gasteiger partial charge in [0.15, 0.2) is 0 Å². The van der Waals surface area contributed by atoms with E-state index in [9.17, 15) is 10.2 Å². The van der Waals surface area contributed by atoms with Crippen molar-refractivity contribution in [2.45, 2.75) is 33.1 Å². The van der Waals surface area contributed by atoms with Crippen molar-refractivity contribution in [2.75, 3.05) is 0 Å². The van der Waals surface area contributed by atoms with Gasteiger partial charge in [-0.25, -0.2) is 0 Å². The highest BCUT2D eigenvalue weighted by molar-refractivity contribution is 5.43. The zero-order valence-electron chi connectivity index (χ0n) is 8.75. The minimum absolute atomic E-state index is 0.234. The first kappa shape index (κ1) is 10.9. The fourth-order valence-corrected chi connectivity index (χ4v) is 1.59. The van der Waals surface area contributed by atoms with Crippen molar-refractivity contribution in [1.29, 1.82) is 0 Å². The topological polar surface area (TPSA) is 40.5 Å². The lowest BCUT2D eigenvalue weighted by Gasteiger charge is -2.17. The van der Waals surface area contributed by atoms with E-state index in [1.165, 1.54) is 0 Å². The Hall–Kier alpha value is -1.18. The van der Waals surface area contributed by atoms with Crippen LogP contribution in [0.5, 0.6) is 0 Å². The zero-order chi connectivity index (χ0) is 10.6. The lowest BCUT2D eigenvalue weighted by atomic mass is 9.93. The van der Waals surface area contributed by atoms with Gasteiger partial charge in [0.05, 0.1) is 0 Å². The van der Waals surface area contributed by atoms with Crippen LogP contribution in [0.4, 0.5) is 0 Å². The second-order valence-electron chi connectivity index (χ2n) is 3.40. The molecule has 0 aromatic heterocycles. The quantitative estimate of drug-likeness (QED) is 0.719. The molecular weight excluding hydrogens is 176 g/mol. The fourth-order valence-electron chi connectivity index (χ4n) is 1.59. The summed E-state index contributed by atoms with van der Waals surface area (Å²) in [6, 6.07) is 0. The van der Waals surface area contributed by atoms with Crippen molar-refractivity contribution in [3.05, 3.63) is 41.2 Å². The molecule has 0 aromatic carbocycles. The maximum atomic E-state index is 9.85. The van der Waals surface area contributed by atoms with Crippen LogP contribution in [0.1, 0.15) is 33.1 Å². The Balaban J connectivity index is 2.99. The Morgan fingerprint density at radius 2 is 2.14 bits per heavy atom. The summed E-state index contributed by atoms with van der Waals surface area (Å²) in [6.45, 7) is 3.94. The lowest BCUT2D eigenvalue weighted by Crippen LogP contribution is -2.05. The van der Waals surface area contributed by atoms with Crippen LogP contribution < -0.4 is 0 Å². The fraction of sp³-hybridized carbons (Fsp3) is 0.417. The minimum atomic E-state index is 0.234. The molecule has 1 aliphatic carbocycles. The van der Waals surface area contributed by atoms with Crippen LogP contribution in [-0.2, 0) is 0 Å². The molecule has 0 saturated heterocycles. The van der Waals surface area contributed by atoms with E-state index in [0.717, 1.165) is 18.4 Å². The van der Waals surface area contributed by atoms with E-state index in [0.29, 0.717) is 12.0 Å². The standard InChI is InChI=1S/C12H17O2/c1-3-5-9-7-8-11(13)10(6-4-2)12(9)14/h3,5,8,13-14H,4,6-7H2,1-2H3/b5-3-. The molecule has 1 radical (unpaired) electrons. The third kappa shape index (κ3) is 2.19. The van der Waals surface area contributed by atoms with E-state index in [-0.39, 0.29) is 11.5 Å². The van der Waals surface area contributed by atoms with E-state index in [1.807, 2.05) is 26.0 Å². The minimum Gasteiger partial charge on any atom is -0.512 e. The molecule has 0 unspecified atom stereocenters. The van der Waals surface area contributed by atoms with E-state index in [1.54, 1.807) is 6.42 Å². The second-order valence-corrected chi connectivity index (χ2v) is 3.40. The highest BCUT2D eigenvalue weighted by atomic mass is 16.3. The Labute approximate surface area is 85.3 Å². The third-order valence-electron chi connectivity index (χ3n) is 2.28. The van der Waals surface area contributed by atoms with Gasteiger partial charge in [0.1, 0.15) is 11.5 Å². The molecule has 14 heavy (non-hydrogen) atoms. The number of hydrogen-bond donors (Lipinski definition) is 2. The number of allylic oxidation sites excluding steroid dienone is 5. The van der Waals surface area contributed by atoms with Crippen molar-refractivity contribution in [3.63, 3.8) is 0 Å². The molecule has 0 bridgehead atoms. The van der Waals surface area contributed by atoms with Crippen LogP contribution in [0.2, 0.25) is 0 Å². The summed E-state index contributed by atoms with van der Waals surface area (Å²) in [4.78, 5) is 0. The largest absolute Gasteiger partial charge is 0.512 e. The average Bonchev–Trinajstić information content (AvgIpc) is 2.17. The highest BCUT2D eigenvalue weighted by Crippen LogP contribution is 2.30. The number of aliphatic hydroxyl groups is 2. The summed E-state index contributed by atoms with van der Waals surface area (Å²) in [6.07, 6.45) is 7.77. The SMILES string of the molecule is C/C=C\C1=C(O)C(CCC)=C(O)[CH]C1. The number of hydrogen-bond acceptors (Lipinski definition) is 2. The summed E-state index contributed by atoms with van der Waals surface area (Å²) in [7, 11) is 0. The summed E-state index contributed by atoms with van der Waals surface area (Å²) in [5, 5.41) is 19.4. The van der Waals surface area contributed by atoms with E-state index in [4.69, 9.17) is 0 Å². The van der Waals surface area contributed by atoms with Gasteiger partial charge in [0, 0.05) is 12.0 Å². The van der Waals surface area contributed by atoms with Crippen LogP contribution in [-0.4, -0.2) is 10.2 Å². The molecule has 1 aliphatic rings. The predicted octanol–water partition coefficient (Wildman–Crippen LogP) is 3.59. The molecule has 0 saturated carbocycles. The smallest absolute Gasteiger partial charge is 0.125 e. The summed E-state index contributed by atoms with van der Waals surface area (Å²) >= 11 is 0. The van der Waals surface area contributed by atoms with Gasteiger partial charge in [-0.05, 0) is 25.3 Å². The van der Waals surface area contributed by atoms with Crippen LogP contribution in [0.15, 0.2) is 34.8 Å².